The maximum absolute atomic E-state index is 11.1. The lowest BCUT2D eigenvalue weighted by atomic mass is 10.1. The molecule has 0 aliphatic heterocycles. The van der Waals surface area contributed by atoms with Gasteiger partial charge >= 0.3 is 0 Å². The second-order valence-corrected chi connectivity index (χ2v) is 4.75. The molecule has 0 aliphatic carbocycles. The second kappa shape index (κ2) is 7.35. The minimum absolute atomic E-state index is 0.0717. The lowest BCUT2D eigenvalue weighted by Crippen LogP contribution is -2.26. The van der Waals surface area contributed by atoms with Gasteiger partial charge in [-0.2, -0.15) is 0 Å². The summed E-state index contributed by atoms with van der Waals surface area (Å²) in [6.07, 6.45) is 2.59. The van der Waals surface area contributed by atoms with Gasteiger partial charge in [0, 0.05) is 31.0 Å². The minimum Gasteiger partial charge on any atom is -0.359 e. The molecule has 0 fully saturated rings. The molecule has 1 amide bonds. The van der Waals surface area contributed by atoms with Gasteiger partial charge in [0.15, 0.2) is 0 Å². The standard InChI is InChI=1S/C13H20N2OS/c1-10(15-9-8-13(16)14-2)11-4-6-12(17-3)7-5-11/h4-7,10,15H,8-9H2,1-3H3,(H,14,16). The number of hydrogen-bond acceptors (Lipinski definition) is 3. The van der Waals surface area contributed by atoms with Crippen molar-refractivity contribution in [2.45, 2.75) is 24.3 Å². The van der Waals surface area contributed by atoms with Gasteiger partial charge in [-0.3, -0.25) is 4.79 Å². The van der Waals surface area contributed by atoms with Crippen LogP contribution in [0.5, 0.6) is 0 Å². The fourth-order valence-electron chi connectivity index (χ4n) is 1.54. The first-order valence-electron chi connectivity index (χ1n) is 5.75. The molecule has 0 saturated carbocycles. The summed E-state index contributed by atoms with van der Waals surface area (Å²) in [5.41, 5.74) is 1.25. The molecule has 0 bridgehead atoms. The van der Waals surface area contributed by atoms with E-state index in [1.807, 2.05) is 0 Å². The molecule has 1 atom stereocenters. The SMILES string of the molecule is CNC(=O)CCNC(C)c1ccc(SC)cc1. The molecule has 1 aromatic rings. The molecule has 0 radical (unpaired) electrons. The van der Waals surface area contributed by atoms with E-state index in [4.69, 9.17) is 0 Å². The summed E-state index contributed by atoms with van der Waals surface area (Å²) in [5.74, 6) is 0.0717. The van der Waals surface area contributed by atoms with Gasteiger partial charge in [-0.25, -0.2) is 0 Å². The molecular weight excluding hydrogens is 232 g/mol. The third-order valence-corrected chi connectivity index (χ3v) is 3.44. The van der Waals surface area contributed by atoms with Crippen molar-refractivity contribution in [1.29, 1.82) is 0 Å². The summed E-state index contributed by atoms with van der Waals surface area (Å²) in [7, 11) is 1.66. The van der Waals surface area contributed by atoms with Crippen LogP contribution in [0.4, 0.5) is 0 Å². The van der Waals surface area contributed by atoms with E-state index in [0.717, 1.165) is 0 Å². The molecule has 17 heavy (non-hydrogen) atoms. The third-order valence-electron chi connectivity index (χ3n) is 2.70. The minimum atomic E-state index is 0.0717. The lowest BCUT2D eigenvalue weighted by molar-refractivity contribution is -0.120. The van der Waals surface area contributed by atoms with Crippen LogP contribution in [0.1, 0.15) is 24.9 Å². The molecule has 0 heterocycles. The highest BCUT2D eigenvalue weighted by Gasteiger charge is 2.05. The van der Waals surface area contributed by atoms with Crippen LogP contribution in [-0.4, -0.2) is 25.8 Å². The fraction of sp³-hybridized carbons (Fsp3) is 0.462. The van der Waals surface area contributed by atoms with Gasteiger partial charge in [0.05, 0.1) is 0 Å². The molecule has 0 aliphatic rings. The van der Waals surface area contributed by atoms with Gasteiger partial charge in [-0.15, -0.1) is 11.8 Å². The molecule has 0 aromatic heterocycles. The molecule has 0 saturated heterocycles. The van der Waals surface area contributed by atoms with Gasteiger partial charge < -0.3 is 10.6 Å². The van der Waals surface area contributed by atoms with E-state index in [9.17, 15) is 4.79 Å². The Balaban J connectivity index is 2.40. The van der Waals surface area contributed by atoms with Gasteiger partial charge in [-0.1, -0.05) is 12.1 Å². The average molecular weight is 252 g/mol. The normalized spacial score (nSPS) is 12.2. The predicted octanol–water partition coefficient (Wildman–Crippen LogP) is 2.20. The zero-order valence-electron chi connectivity index (χ0n) is 10.6. The Labute approximate surface area is 107 Å². The molecule has 3 nitrogen and oxygen atoms in total. The first kappa shape index (κ1) is 14.1. The Bertz CT molecular complexity index is 351. The Hall–Kier alpha value is -1.00. The molecule has 94 valence electrons. The molecule has 4 heteroatoms. The monoisotopic (exact) mass is 252 g/mol. The van der Waals surface area contributed by atoms with Crippen LogP contribution in [-0.2, 0) is 4.79 Å². The summed E-state index contributed by atoms with van der Waals surface area (Å²) >= 11 is 1.74. The zero-order valence-corrected chi connectivity index (χ0v) is 11.4. The molecule has 1 aromatic carbocycles. The van der Waals surface area contributed by atoms with Gasteiger partial charge in [0.1, 0.15) is 0 Å². The number of amides is 1. The largest absolute Gasteiger partial charge is 0.359 e. The fourth-order valence-corrected chi connectivity index (χ4v) is 1.95. The van der Waals surface area contributed by atoms with Crippen molar-refractivity contribution in [3.05, 3.63) is 29.8 Å². The lowest BCUT2D eigenvalue weighted by Gasteiger charge is -2.14. The van der Waals surface area contributed by atoms with Crippen molar-refractivity contribution in [1.82, 2.24) is 10.6 Å². The Morgan fingerprint density at radius 1 is 1.35 bits per heavy atom. The van der Waals surface area contributed by atoms with Gasteiger partial charge in [0.2, 0.25) is 5.91 Å². The molecule has 0 spiro atoms. The first-order valence-corrected chi connectivity index (χ1v) is 6.97. The Morgan fingerprint density at radius 2 is 2.00 bits per heavy atom. The van der Waals surface area contributed by atoms with Crippen LogP contribution in [0, 0.1) is 0 Å². The number of carbonyl (C=O) groups excluding carboxylic acids is 1. The van der Waals surface area contributed by atoms with Crippen LogP contribution in [0.15, 0.2) is 29.2 Å². The van der Waals surface area contributed by atoms with Crippen LogP contribution < -0.4 is 10.6 Å². The van der Waals surface area contributed by atoms with Crippen molar-refractivity contribution in [2.24, 2.45) is 0 Å². The van der Waals surface area contributed by atoms with E-state index in [1.54, 1.807) is 18.8 Å². The first-order chi connectivity index (χ1) is 8.17. The predicted molar refractivity (Wildman–Crippen MR) is 73.3 cm³/mol. The highest BCUT2D eigenvalue weighted by Crippen LogP contribution is 2.18. The van der Waals surface area contributed by atoms with Gasteiger partial charge in [-0.05, 0) is 30.9 Å². The quantitative estimate of drug-likeness (QED) is 0.763. The van der Waals surface area contributed by atoms with Crippen LogP contribution in [0.25, 0.3) is 0 Å². The summed E-state index contributed by atoms with van der Waals surface area (Å²) in [6, 6.07) is 8.77. The van der Waals surface area contributed by atoms with Crippen molar-refractivity contribution in [3.63, 3.8) is 0 Å². The summed E-state index contributed by atoms with van der Waals surface area (Å²) < 4.78 is 0. The highest BCUT2D eigenvalue weighted by atomic mass is 32.2. The third kappa shape index (κ3) is 4.79. The maximum atomic E-state index is 11.1. The number of hydrogen-bond donors (Lipinski definition) is 2. The van der Waals surface area contributed by atoms with E-state index in [0.29, 0.717) is 13.0 Å². The Kier molecular flexibility index (Phi) is 6.08. The topological polar surface area (TPSA) is 41.1 Å². The molecule has 2 N–H and O–H groups in total. The van der Waals surface area contributed by atoms with Crippen LogP contribution in [0.3, 0.4) is 0 Å². The summed E-state index contributed by atoms with van der Waals surface area (Å²) in [4.78, 5) is 12.3. The van der Waals surface area contributed by atoms with Gasteiger partial charge in [0.25, 0.3) is 0 Å². The van der Waals surface area contributed by atoms with Crippen molar-refractivity contribution in [3.8, 4) is 0 Å². The van der Waals surface area contributed by atoms with E-state index in [1.165, 1.54) is 10.5 Å². The average Bonchev–Trinajstić information content (AvgIpc) is 2.38. The molecular formula is C13H20N2OS. The molecule has 1 unspecified atom stereocenters. The van der Waals surface area contributed by atoms with E-state index < -0.39 is 0 Å². The number of thioether (sulfide) groups is 1. The number of rotatable bonds is 6. The highest BCUT2D eigenvalue weighted by molar-refractivity contribution is 7.98. The Morgan fingerprint density at radius 3 is 2.53 bits per heavy atom. The van der Waals surface area contributed by atoms with Crippen molar-refractivity contribution >= 4 is 17.7 Å². The van der Waals surface area contributed by atoms with E-state index >= 15 is 0 Å². The second-order valence-electron chi connectivity index (χ2n) is 3.87. The smallest absolute Gasteiger partial charge is 0.221 e. The van der Waals surface area contributed by atoms with E-state index in [2.05, 4.69) is 48.1 Å². The van der Waals surface area contributed by atoms with Crippen molar-refractivity contribution < 1.29 is 4.79 Å². The zero-order chi connectivity index (χ0) is 12.7. The number of nitrogens with one attached hydrogen (secondary N) is 2. The van der Waals surface area contributed by atoms with Crippen molar-refractivity contribution in [2.75, 3.05) is 19.8 Å². The van der Waals surface area contributed by atoms with Crippen LogP contribution >= 0.6 is 11.8 Å². The number of carbonyl (C=O) groups is 1. The maximum Gasteiger partial charge on any atom is 0.221 e. The summed E-state index contributed by atoms with van der Waals surface area (Å²) in [6.45, 7) is 2.81. The van der Waals surface area contributed by atoms with Crippen LogP contribution in [0.2, 0.25) is 0 Å². The van der Waals surface area contributed by atoms with E-state index in [-0.39, 0.29) is 11.9 Å². The summed E-state index contributed by atoms with van der Waals surface area (Å²) in [5, 5.41) is 5.95. The number of benzene rings is 1. The molecule has 1 rings (SSSR count).